The maximum atomic E-state index is 4.16. The lowest BCUT2D eigenvalue weighted by Gasteiger charge is -1.92. The van der Waals surface area contributed by atoms with Gasteiger partial charge in [-0.1, -0.05) is 0 Å². The van der Waals surface area contributed by atoms with Crippen LogP contribution in [-0.4, -0.2) is 9.97 Å². The summed E-state index contributed by atoms with van der Waals surface area (Å²) >= 11 is 0. The molecule has 0 spiro atoms. The highest BCUT2D eigenvalue weighted by molar-refractivity contribution is 5.51. The first-order chi connectivity index (χ1) is 5.86. The lowest BCUT2D eigenvalue weighted by atomic mass is 10.3. The van der Waals surface area contributed by atoms with E-state index in [1.807, 2.05) is 42.3 Å². The number of nitrogens with one attached hydrogen (secondary N) is 1. The molecule has 2 heterocycles. The van der Waals surface area contributed by atoms with Crippen LogP contribution in [0.4, 0.5) is 0 Å². The molecule has 60 valence electrons. The van der Waals surface area contributed by atoms with Crippen molar-refractivity contribution >= 4 is 0 Å². The van der Waals surface area contributed by atoms with Crippen molar-refractivity contribution in [3.05, 3.63) is 36.9 Å². The first-order valence-electron chi connectivity index (χ1n) is 3.81. The molecule has 0 saturated heterocycles. The Morgan fingerprint density at radius 1 is 1.50 bits per heavy atom. The first-order valence-corrected chi connectivity index (χ1v) is 3.81. The van der Waals surface area contributed by atoms with Crippen molar-refractivity contribution in [1.29, 1.82) is 0 Å². The standard InChI is InChI=1S/C9H10N3/c1-12-6-2-3-8(7-12)9-10-4-5-11-9/h2-7H,1H3,(H,10,11)/q+1. The number of aromatic nitrogens is 3. The number of pyridine rings is 1. The molecule has 0 bridgehead atoms. The van der Waals surface area contributed by atoms with E-state index in [-0.39, 0.29) is 0 Å². The highest BCUT2D eigenvalue weighted by atomic mass is 14.9. The van der Waals surface area contributed by atoms with E-state index in [1.54, 1.807) is 6.20 Å². The van der Waals surface area contributed by atoms with Gasteiger partial charge in [0.15, 0.2) is 12.4 Å². The molecular weight excluding hydrogens is 150 g/mol. The Hall–Kier alpha value is -1.64. The number of H-pyrrole nitrogens is 1. The van der Waals surface area contributed by atoms with Crippen LogP contribution in [-0.2, 0) is 7.05 Å². The smallest absolute Gasteiger partial charge is 0.179 e. The number of aryl methyl sites for hydroxylation is 1. The van der Waals surface area contributed by atoms with Gasteiger partial charge in [0.1, 0.15) is 12.9 Å². The average Bonchev–Trinajstić information content (AvgIpc) is 2.56. The maximum absolute atomic E-state index is 4.16. The van der Waals surface area contributed by atoms with E-state index in [9.17, 15) is 0 Å². The van der Waals surface area contributed by atoms with Gasteiger partial charge in [0.2, 0.25) is 0 Å². The molecule has 0 saturated carbocycles. The van der Waals surface area contributed by atoms with Crippen molar-refractivity contribution in [2.24, 2.45) is 7.05 Å². The largest absolute Gasteiger partial charge is 0.344 e. The van der Waals surface area contributed by atoms with Gasteiger partial charge in [0, 0.05) is 18.5 Å². The van der Waals surface area contributed by atoms with Gasteiger partial charge in [-0.2, -0.15) is 0 Å². The molecule has 0 aliphatic carbocycles. The Morgan fingerprint density at radius 2 is 2.42 bits per heavy atom. The quantitative estimate of drug-likeness (QED) is 0.618. The van der Waals surface area contributed by atoms with Gasteiger partial charge in [-0.15, -0.1) is 0 Å². The van der Waals surface area contributed by atoms with E-state index in [4.69, 9.17) is 0 Å². The lowest BCUT2D eigenvalue weighted by molar-refractivity contribution is -0.671. The monoisotopic (exact) mass is 160 g/mol. The number of aromatic amines is 1. The minimum absolute atomic E-state index is 0.909. The third kappa shape index (κ3) is 1.21. The van der Waals surface area contributed by atoms with Crippen LogP contribution in [0.15, 0.2) is 36.9 Å². The number of imidazole rings is 1. The zero-order valence-corrected chi connectivity index (χ0v) is 6.86. The normalized spacial score (nSPS) is 10.1. The Kier molecular flexibility index (Phi) is 1.63. The highest BCUT2D eigenvalue weighted by Crippen LogP contribution is 2.09. The zero-order chi connectivity index (χ0) is 8.39. The van der Waals surface area contributed by atoms with E-state index in [0.29, 0.717) is 0 Å². The number of hydrogen-bond acceptors (Lipinski definition) is 1. The van der Waals surface area contributed by atoms with Crippen LogP contribution in [0.1, 0.15) is 0 Å². The molecule has 0 amide bonds. The number of rotatable bonds is 1. The van der Waals surface area contributed by atoms with Crippen molar-refractivity contribution in [2.45, 2.75) is 0 Å². The van der Waals surface area contributed by atoms with Crippen LogP contribution >= 0.6 is 0 Å². The summed E-state index contributed by atoms with van der Waals surface area (Å²) in [6, 6.07) is 4.02. The first kappa shape index (κ1) is 7.03. The van der Waals surface area contributed by atoms with Gasteiger partial charge in [-0.25, -0.2) is 9.55 Å². The molecule has 0 unspecified atom stereocenters. The second kappa shape index (κ2) is 2.77. The number of hydrogen-bond donors (Lipinski definition) is 1. The summed E-state index contributed by atoms with van der Waals surface area (Å²) in [6.07, 6.45) is 7.59. The van der Waals surface area contributed by atoms with Crippen LogP contribution in [0.5, 0.6) is 0 Å². The third-order valence-corrected chi connectivity index (χ3v) is 1.71. The molecule has 0 radical (unpaired) electrons. The summed E-state index contributed by atoms with van der Waals surface area (Å²) in [7, 11) is 1.99. The van der Waals surface area contributed by atoms with Crippen LogP contribution in [0.3, 0.4) is 0 Å². The predicted octanol–water partition coefficient (Wildman–Crippen LogP) is 0.901. The van der Waals surface area contributed by atoms with Crippen molar-refractivity contribution < 1.29 is 4.57 Å². The van der Waals surface area contributed by atoms with Crippen molar-refractivity contribution in [2.75, 3.05) is 0 Å². The minimum atomic E-state index is 0.909. The van der Waals surface area contributed by atoms with Gasteiger partial charge in [0.05, 0.1) is 5.56 Å². The fourth-order valence-electron chi connectivity index (χ4n) is 1.15. The van der Waals surface area contributed by atoms with E-state index < -0.39 is 0 Å². The Bertz CT molecular complexity index is 365. The lowest BCUT2D eigenvalue weighted by Crippen LogP contribution is -2.26. The summed E-state index contributed by atoms with van der Waals surface area (Å²) in [5, 5.41) is 0. The van der Waals surface area contributed by atoms with Gasteiger partial charge in [-0.05, 0) is 6.07 Å². The Labute approximate surface area is 70.7 Å². The topological polar surface area (TPSA) is 32.6 Å². The molecule has 1 N–H and O–H groups in total. The molecule has 2 aromatic heterocycles. The number of nitrogens with zero attached hydrogens (tertiary/aromatic N) is 2. The Morgan fingerprint density at radius 3 is 3.08 bits per heavy atom. The van der Waals surface area contributed by atoms with E-state index in [2.05, 4.69) is 9.97 Å². The molecule has 0 aliphatic rings. The van der Waals surface area contributed by atoms with Gasteiger partial charge < -0.3 is 4.98 Å². The molecule has 3 heteroatoms. The predicted molar refractivity (Wildman–Crippen MR) is 45.2 cm³/mol. The van der Waals surface area contributed by atoms with Crippen LogP contribution in [0, 0.1) is 0 Å². The summed E-state index contributed by atoms with van der Waals surface area (Å²) in [6.45, 7) is 0. The highest BCUT2D eigenvalue weighted by Gasteiger charge is 2.02. The molecule has 2 rings (SSSR count). The second-order valence-electron chi connectivity index (χ2n) is 2.70. The molecule has 3 nitrogen and oxygen atoms in total. The summed E-state index contributed by atoms with van der Waals surface area (Å²) in [5.41, 5.74) is 1.10. The second-order valence-corrected chi connectivity index (χ2v) is 2.70. The van der Waals surface area contributed by atoms with E-state index >= 15 is 0 Å². The maximum Gasteiger partial charge on any atom is 0.179 e. The summed E-state index contributed by atoms with van der Waals surface area (Å²) in [4.78, 5) is 7.21. The van der Waals surface area contributed by atoms with Crippen LogP contribution in [0.2, 0.25) is 0 Å². The van der Waals surface area contributed by atoms with E-state index in [0.717, 1.165) is 11.4 Å². The van der Waals surface area contributed by atoms with E-state index in [1.165, 1.54) is 0 Å². The molecule has 0 aliphatic heterocycles. The minimum Gasteiger partial charge on any atom is -0.344 e. The van der Waals surface area contributed by atoms with Gasteiger partial charge in [-0.3, -0.25) is 0 Å². The zero-order valence-electron chi connectivity index (χ0n) is 6.86. The summed E-state index contributed by atoms with van der Waals surface area (Å²) < 4.78 is 2.00. The molecule has 2 aromatic rings. The summed E-state index contributed by atoms with van der Waals surface area (Å²) in [5.74, 6) is 0.909. The van der Waals surface area contributed by atoms with Gasteiger partial charge in [0.25, 0.3) is 0 Å². The van der Waals surface area contributed by atoms with Crippen LogP contribution in [0.25, 0.3) is 11.4 Å². The fourth-order valence-corrected chi connectivity index (χ4v) is 1.15. The van der Waals surface area contributed by atoms with Gasteiger partial charge >= 0.3 is 0 Å². The third-order valence-electron chi connectivity index (χ3n) is 1.71. The van der Waals surface area contributed by atoms with Crippen molar-refractivity contribution in [1.82, 2.24) is 9.97 Å². The fraction of sp³-hybridized carbons (Fsp3) is 0.111. The SMILES string of the molecule is C[n+]1cccc(-c2ncc[nH]2)c1. The Balaban J connectivity index is 2.48. The molecule has 0 aromatic carbocycles. The molecule has 0 fully saturated rings. The molecule has 0 atom stereocenters. The van der Waals surface area contributed by atoms with Crippen LogP contribution < -0.4 is 4.57 Å². The van der Waals surface area contributed by atoms with Crippen molar-refractivity contribution in [3.63, 3.8) is 0 Å². The van der Waals surface area contributed by atoms with Crippen molar-refractivity contribution in [3.8, 4) is 11.4 Å². The molecular formula is C9H10N3+. The average molecular weight is 160 g/mol. The molecule has 12 heavy (non-hydrogen) atoms.